The first-order valence-corrected chi connectivity index (χ1v) is 8.90. The Bertz CT molecular complexity index is 727. The van der Waals surface area contributed by atoms with Crippen LogP contribution in [0.4, 0.5) is 0 Å². The van der Waals surface area contributed by atoms with Crippen molar-refractivity contribution in [2.75, 3.05) is 26.2 Å². The van der Waals surface area contributed by atoms with Crippen molar-refractivity contribution in [3.05, 3.63) is 28.8 Å². The van der Waals surface area contributed by atoms with E-state index in [2.05, 4.69) is 0 Å². The number of carbonyl (C=O) groups excluding carboxylic acids is 1. The second-order valence-electron chi connectivity index (χ2n) is 5.09. The van der Waals surface area contributed by atoms with Crippen molar-refractivity contribution in [3.8, 4) is 0 Å². The third-order valence-corrected chi connectivity index (χ3v) is 5.92. The van der Waals surface area contributed by atoms with Crippen molar-refractivity contribution in [2.45, 2.75) is 18.2 Å². The molecule has 0 aliphatic carbocycles. The molecular formula is C14H17ClN2O5S. The Morgan fingerprint density at radius 1 is 1.22 bits per heavy atom. The molecule has 1 aliphatic heterocycles. The SMILES string of the molecule is CCC(=O)N1CCN(S(=O)(=O)c2ccc(Cl)c(C(=O)O)c2)CC1. The van der Waals surface area contributed by atoms with Crippen LogP contribution in [0.1, 0.15) is 23.7 Å². The second kappa shape index (κ2) is 6.86. The maximum absolute atomic E-state index is 12.6. The van der Waals surface area contributed by atoms with Gasteiger partial charge in [-0.3, -0.25) is 4.79 Å². The van der Waals surface area contributed by atoms with Gasteiger partial charge in [0.15, 0.2) is 0 Å². The Morgan fingerprint density at radius 3 is 2.35 bits per heavy atom. The lowest BCUT2D eigenvalue weighted by molar-refractivity contribution is -0.132. The Kier molecular flexibility index (Phi) is 5.28. The molecule has 1 N–H and O–H groups in total. The van der Waals surface area contributed by atoms with Crippen molar-refractivity contribution in [1.29, 1.82) is 0 Å². The van der Waals surface area contributed by atoms with E-state index >= 15 is 0 Å². The number of aromatic carboxylic acids is 1. The number of hydrogen-bond acceptors (Lipinski definition) is 4. The van der Waals surface area contributed by atoms with E-state index in [4.69, 9.17) is 16.7 Å². The van der Waals surface area contributed by atoms with Gasteiger partial charge >= 0.3 is 5.97 Å². The number of benzene rings is 1. The minimum Gasteiger partial charge on any atom is -0.478 e. The highest BCUT2D eigenvalue weighted by Gasteiger charge is 2.30. The average molecular weight is 361 g/mol. The normalized spacial score (nSPS) is 16.3. The Balaban J connectivity index is 2.22. The number of nitrogens with zero attached hydrogens (tertiary/aromatic N) is 2. The molecule has 0 radical (unpaired) electrons. The van der Waals surface area contributed by atoms with Crippen LogP contribution in [0.2, 0.25) is 5.02 Å². The van der Waals surface area contributed by atoms with Crippen molar-refractivity contribution < 1.29 is 23.1 Å². The topological polar surface area (TPSA) is 95.0 Å². The summed E-state index contributed by atoms with van der Waals surface area (Å²) in [6.45, 7) is 2.77. The van der Waals surface area contributed by atoms with Gasteiger partial charge < -0.3 is 10.0 Å². The van der Waals surface area contributed by atoms with Gasteiger partial charge in [0.25, 0.3) is 0 Å². The predicted molar refractivity (Wildman–Crippen MR) is 84.0 cm³/mol. The molecule has 9 heteroatoms. The summed E-state index contributed by atoms with van der Waals surface area (Å²) in [5.74, 6) is -1.30. The zero-order valence-electron chi connectivity index (χ0n) is 12.5. The molecule has 0 aromatic heterocycles. The lowest BCUT2D eigenvalue weighted by Crippen LogP contribution is -2.50. The summed E-state index contributed by atoms with van der Waals surface area (Å²) in [5, 5.41) is 9.03. The first kappa shape index (κ1) is 17.7. The van der Waals surface area contributed by atoms with Gasteiger partial charge in [-0.1, -0.05) is 18.5 Å². The first-order chi connectivity index (χ1) is 10.8. The first-order valence-electron chi connectivity index (χ1n) is 7.08. The van der Waals surface area contributed by atoms with E-state index < -0.39 is 16.0 Å². The minimum absolute atomic E-state index is 0.0123. The number of halogens is 1. The van der Waals surface area contributed by atoms with Gasteiger partial charge in [-0.15, -0.1) is 0 Å². The molecular weight excluding hydrogens is 344 g/mol. The highest BCUT2D eigenvalue weighted by Crippen LogP contribution is 2.24. The number of hydrogen-bond donors (Lipinski definition) is 1. The fourth-order valence-corrected chi connectivity index (χ4v) is 4.03. The largest absolute Gasteiger partial charge is 0.478 e. The number of rotatable bonds is 4. The molecule has 1 heterocycles. The fourth-order valence-electron chi connectivity index (χ4n) is 2.38. The summed E-state index contributed by atoms with van der Waals surface area (Å²) in [6.07, 6.45) is 0.381. The van der Waals surface area contributed by atoms with E-state index in [-0.39, 0.29) is 34.5 Å². The summed E-state index contributed by atoms with van der Waals surface area (Å²) in [6, 6.07) is 3.60. The smallest absolute Gasteiger partial charge is 0.337 e. The predicted octanol–water partition coefficient (Wildman–Crippen LogP) is 1.28. The van der Waals surface area contributed by atoms with Crippen LogP contribution in [0.15, 0.2) is 23.1 Å². The van der Waals surface area contributed by atoms with E-state index in [1.165, 1.54) is 16.4 Å². The van der Waals surface area contributed by atoms with Crippen LogP contribution in [-0.4, -0.2) is 60.8 Å². The van der Waals surface area contributed by atoms with Crippen LogP contribution >= 0.6 is 11.6 Å². The quantitative estimate of drug-likeness (QED) is 0.872. The fraction of sp³-hybridized carbons (Fsp3) is 0.429. The molecule has 1 aromatic rings. The third-order valence-electron chi connectivity index (χ3n) is 3.70. The molecule has 0 saturated carbocycles. The summed E-state index contributed by atoms with van der Waals surface area (Å²) < 4.78 is 26.5. The van der Waals surface area contributed by atoms with Crippen LogP contribution in [0.5, 0.6) is 0 Å². The van der Waals surface area contributed by atoms with Crippen LogP contribution < -0.4 is 0 Å². The molecule has 1 saturated heterocycles. The van der Waals surface area contributed by atoms with E-state index in [9.17, 15) is 18.0 Å². The summed E-state index contributed by atoms with van der Waals surface area (Å²) in [4.78, 5) is 24.2. The second-order valence-corrected chi connectivity index (χ2v) is 7.43. The molecule has 1 aromatic carbocycles. The molecule has 0 spiro atoms. The van der Waals surface area contributed by atoms with Gasteiger partial charge in [0.05, 0.1) is 15.5 Å². The van der Waals surface area contributed by atoms with Gasteiger partial charge in [0, 0.05) is 32.6 Å². The number of carboxylic acid groups (broad SMARTS) is 1. The van der Waals surface area contributed by atoms with Gasteiger partial charge in [-0.2, -0.15) is 4.31 Å². The number of sulfonamides is 1. The zero-order valence-corrected chi connectivity index (χ0v) is 14.1. The van der Waals surface area contributed by atoms with Crippen molar-refractivity contribution in [3.63, 3.8) is 0 Å². The third kappa shape index (κ3) is 3.65. The van der Waals surface area contributed by atoms with E-state index in [1.807, 2.05) is 0 Å². The molecule has 0 atom stereocenters. The standard InChI is InChI=1S/C14H17ClN2O5S/c1-2-13(18)16-5-7-17(8-6-16)23(21,22)10-3-4-12(15)11(9-10)14(19)20/h3-4,9H,2,5-8H2,1H3,(H,19,20). The van der Waals surface area contributed by atoms with Crippen molar-refractivity contribution in [1.82, 2.24) is 9.21 Å². The Hall–Kier alpha value is -1.64. The lowest BCUT2D eigenvalue weighted by Gasteiger charge is -2.34. The number of carboxylic acids is 1. The monoisotopic (exact) mass is 360 g/mol. The molecule has 23 heavy (non-hydrogen) atoms. The highest BCUT2D eigenvalue weighted by atomic mass is 35.5. The molecule has 1 aliphatic rings. The maximum atomic E-state index is 12.6. The molecule has 1 amide bonds. The summed E-state index contributed by atoms with van der Waals surface area (Å²) in [5.41, 5.74) is -0.257. The molecule has 126 valence electrons. The molecule has 2 rings (SSSR count). The zero-order chi connectivity index (χ0) is 17.2. The maximum Gasteiger partial charge on any atom is 0.337 e. The van der Waals surface area contributed by atoms with E-state index in [0.29, 0.717) is 19.5 Å². The molecule has 7 nitrogen and oxygen atoms in total. The Morgan fingerprint density at radius 2 is 1.83 bits per heavy atom. The van der Waals surface area contributed by atoms with Gasteiger partial charge in [0.2, 0.25) is 15.9 Å². The Labute approximate surface area is 139 Å². The van der Waals surface area contributed by atoms with Crippen molar-refractivity contribution >= 4 is 33.5 Å². The van der Waals surface area contributed by atoms with E-state index in [0.717, 1.165) is 6.07 Å². The van der Waals surface area contributed by atoms with E-state index in [1.54, 1.807) is 11.8 Å². The van der Waals surface area contributed by atoms with Crippen LogP contribution in [-0.2, 0) is 14.8 Å². The number of carbonyl (C=O) groups is 2. The van der Waals surface area contributed by atoms with Gasteiger partial charge in [-0.25, -0.2) is 13.2 Å². The van der Waals surface area contributed by atoms with Gasteiger partial charge in [-0.05, 0) is 18.2 Å². The highest BCUT2D eigenvalue weighted by molar-refractivity contribution is 7.89. The van der Waals surface area contributed by atoms with Crippen LogP contribution in [0.25, 0.3) is 0 Å². The summed E-state index contributed by atoms with van der Waals surface area (Å²) in [7, 11) is -3.82. The summed E-state index contributed by atoms with van der Waals surface area (Å²) >= 11 is 5.76. The average Bonchev–Trinajstić information content (AvgIpc) is 2.54. The molecule has 0 bridgehead atoms. The number of piperazine rings is 1. The molecule has 1 fully saturated rings. The van der Waals surface area contributed by atoms with Gasteiger partial charge in [0.1, 0.15) is 0 Å². The molecule has 0 unspecified atom stereocenters. The number of amides is 1. The van der Waals surface area contributed by atoms with Crippen LogP contribution in [0.3, 0.4) is 0 Å². The van der Waals surface area contributed by atoms with Crippen LogP contribution in [0, 0.1) is 0 Å². The lowest BCUT2D eigenvalue weighted by atomic mass is 10.2. The van der Waals surface area contributed by atoms with Crippen molar-refractivity contribution in [2.24, 2.45) is 0 Å². The minimum atomic E-state index is -3.82.